The quantitative estimate of drug-likeness (QED) is 0.773. The molecule has 0 radical (unpaired) electrons. The Labute approximate surface area is 176 Å². The van der Waals surface area contributed by atoms with E-state index in [1.807, 2.05) is 0 Å². The minimum atomic E-state index is -3.78. The van der Waals surface area contributed by atoms with Gasteiger partial charge in [-0.1, -0.05) is 5.16 Å². The Bertz CT molecular complexity index is 1030. The van der Waals surface area contributed by atoms with E-state index in [1.165, 1.54) is 16.1 Å². The lowest BCUT2D eigenvalue weighted by atomic mass is 9.98. The number of anilines is 2. The van der Waals surface area contributed by atoms with Crippen LogP contribution in [0.5, 0.6) is 0 Å². The van der Waals surface area contributed by atoms with Crippen molar-refractivity contribution in [3.05, 3.63) is 35.7 Å². The summed E-state index contributed by atoms with van der Waals surface area (Å²) in [7, 11) is -2.11. The monoisotopic (exact) mass is 434 g/mol. The average molecular weight is 435 g/mol. The maximum atomic E-state index is 13.0. The number of aryl methyl sites for hydroxylation is 2. The molecule has 1 aliphatic heterocycles. The van der Waals surface area contributed by atoms with E-state index in [0.717, 1.165) is 5.69 Å². The van der Waals surface area contributed by atoms with Gasteiger partial charge in [0.15, 0.2) is 5.76 Å². The van der Waals surface area contributed by atoms with E-state index in [1.54, 1.807) is 45.2 Å². The molecule has 162 valence electrons. The summed E-state index contributed by atoms with van der Waals surface area (Å²) >= 11 is 0. The molecule has 2 amide bonds. The van der Waals surface area contributed by atoms with Gasteiger partial charge in [-0.3, -0.25) is 9.59 Å². The lowest BCUT2D eigenvalue weighted by molar-refractivity contribution is -0.121. The molecule has 2 aromatic rings. The number of amides is 2. The van der Waals surface area contributed by atoms with Gasteiger partial charge in [0.1, 0.15) is 10.6 Å². The normalized spacial score (nSPS) is 17.5. The third-order valence-corrected chi connectivity index (χ3v) is 7.43. The van der Waals surface area contributed by atoms with Crippen molar-refractivity contribution >= 4 is 33.2 Å². The topological polar surface area (TPSA) is 113 Å². The van der Waals surface area contributed by atoms with Gasteiger partial charge in [0.2, 0.25) is 21.8 Å². The first kappa shape index (κ1) is 22.0. The van der Waals surface area contributed by atoms with E-state index in [9.17, 15) is 18.0 Å². The summed E-state index contributed by atoms with van der Waals surface area (Å²) in [6, 6.07) is 6.92. The summed E-state index contributed by atoms with van der Waals surface area (Å²) in [5.74, 6) is -0.543. The molecule has 0 saturated carbocycles. The van der Waals surface area contributed by atoms with Gasteiger partial charge in [0, 0.05) is 38.4 Å². The van der Waals surface area contributed by atoms with Crippen molar-refractivity contribution in [3.63, 3.8) is 0 Å². The lowest BCUT2D eigenvalue weighted by Gasteiger charge is -2.31. The zero-order chi connectivity index (χ0) is 22.1. The van der Waals surface area contributed by atoms with E-state index in [-0.39, 0.29) is 29.0 Å². The summed E-state index contributed by atoms with van der Waals surface area (Å²) in [6.07, 6.45) is 1.19. The van der Waals surface area contributed by atoms with Crippen LogP contribution in [0.15, 0.2) is 33.7 Å². The number of hydrogen-bond donors (Lipinski definition) is 1. The highest BCUT2D eigenvalue weighted by Crippen LogP contribution is 2.28. The van der Waals surface area contributed by atoms with Crippen LogP contribution in [-0.2, 0) is 19.6 Å². The SMILES string of the molecule is CC(=O)N(C)c1ccc(NC(=O)C2CCCN(S(=O)(=O)c3c(C)noc3C)C2)cc1. The second-order valence-electron chi connectivity index (χ2n) is 7.47. The average Bonchev–Trinajstić information content (AvgIpc) is 3.06. The van der Waals surface area contributed by atoms with Crippen LogP contribution in [0.2, 0.25) is 0 Å². The molecule has 30 heavy (non-hydrogen) atoms. The largest absolute Gasteiger partial charge is 0.360 e. The Morgan fingerprint density at radius 3 is 2.47 bits per heavy atom. The summed E-state index contributed by atoms with van der Waals surface area (Å²) in [5.41, 5.74) is 1.62. The molecular weight excluding hydrogens is 408 g/mol. The van der Waals surface area contributed by atoms with Crippen molar-refractivity contribution in [1.82, 2.24) is 9.46 Å². The molecule has 1 fully saturated rings. The van der Waals surface area contributed by atoms with E-state index in [0.29, 0.717) is 30.8 Å². The van der Waals surface area contributed by atoms with Gasteiger partial charge >= 0.3 is 0 Å². The molecule has 1 saturated heterocycles. The highest BCUT2D eigenvalue weighted by Gasteiger charge is 2.36. The first-order chi connectivity index (χ1) is 14.1. The Balaban J connectivity index is 1.69. The van der Waals surface area contributed by atoms with Crippen molar-refractivity contribution in [3.8, 4) is 0 Å². The minimum absolute atomic E-state index is 0.0775. The smallest absolute Gasteiger partial charge is 0.248 e. The van der Waals surface area contributed by atoms with Crippen LogP contribution in [0.3, 0.4) is 0 Å². The van der Waals surface area contributed by atoms with Crippen molar-refractivity contribution in [2.75, 3.05) is 30.4 Å². The third-order valence-electron chi connectivity index (χ3n) is 5.32. The van der Waals surface area contributed by atoms with Gasteiger partial charge in [0.05, 0.1) is 5.92 Å². The predicted molar refractivity (Wildman–Crippen MR) is 112 cm³/mol. The Kier molecular flexibility index (Phi) is 6.27. The number of carbonyl (C=O) groups is 2. The molecule has 1 aromatic heterocycles. The number of piperidine rings is 1. The highest BCUT2D eigenvalue weighted by atomic mass is 32.2. The van der Waals surface area contributed by atoms with Gasteiger partial charge in [-0.15, -0.1) is 0 Å². The fourth-order valence-electron chi connectivity index (χ4n) is 3.54. The summed E-state index contributed by atoms with van der Waals surface area (Å²) < 4.78 is 32.4. The second kappa shape index (κ2) is 8.57. The predicted octanol–water partition coefficient (Wildman–Crippen LogP) is 2.31. The maximum absolute atomic E-state index is 13.0. The first-order valence-electron chi connectivity index (χ1n) is 9.69. The number of aromatic nitrogens is 1. The fraction of sp³-hybridized carbons (Fsp3) is 0.450. The molecule has 1 N–H and O–H groups in total. The number of benzene rings is 1. The van der Waals surface area contributed by atoms with Gasteiger partial charge in [-0.2, -0.15) is 4.31 Å². The molecule has 10 heteroatoms. The van der Waals surface area contributed by atoms with E-state index >= 15 is 0 Å². The molecule has 1 atom stereocenters. The van der Waals surface area contributed by atoms with Gasteiger partial charge in [-0.25, -0.2) is 8.42 Å². The van der Waals surface area contributed by atoms with E-state index < -0.39 is 15.9 Å². The Morgan fingerprint density at radius 2 is 1.90 bits per heavy atom. The molecule has 1 aromatic carbocycles. The number of carbonyl (C=O) groups excluding carboxylic acids is 2. The standard InChI is InChI=1S/C20H26N4O5S/c1-13-19(14(2)29-22-13)30(27,28)24-11-5-6-16(12-24)20(26)21-17-7-9-18(10-8-17)23(4)15(3)25/h7-10,16H,5-6,11-12H2,1-4H3,(H,21,26). The van der Waals surface area contributed by atoms with Crippen molar-refractivity contribution in [1.29, 1.82) is 0 Å². The van der Waals surface area contributed by atoms with Crippen molar-refractivity contribution in [2.45, 2.75) is 38.5 Å². The van der Waals surface area contributed by atoms with Crippen LogP contribution in [0, 0.1) is 19.8 Å². The summed E-state index contributed by atoms with van der Waals surface area (Å²) in [5, 5.41) is 6.57. The molecule has 0 aliphatic carbocycles. The van der Waals surface area contributed by atoms with Crippen LogP contribution in [-0.4, -0.2) is 49.8 Å². The van der Waals surface area contributed by atoms with Crippen molar-refractivity contribution in [2.24, 2.45) is 5.92 Å². The zero-order valence-corrected chi connectivity index (χ0v) is 18.3. The van der Waals surface area contributed by atoms with Crippen LogP contribution in [0.1, 0.15) is 31.2 Å². The molecule has 9 nitrogen and oxygen atoms in total. The van der Waals surface area contributed by atoms with Crippen LogP contribution in [0.25, 0.3) is 0 Å². The molecule has 1 aliphatic rings. The number of nitrogens with one attached hydrogen (secondary N) is 1. The number of sulfonamides is 1. The number of nitrogens with zero attached hydrogens (tertiary/aromatic N) is 3. The maximum Gasteiger partial charge on any atom is 0.248 e. The molecule has 0 bridgehead atoms. The van der Waals surface area contributed by atoms with Gasteiger partial charge in [-0.05, 0) is 51.0 Å². The summed E-state index contributed by atoms with van der Waals surface area (Å²) in [6.45, 7) is 5.08. The minimum Gasteiger partial charge on any atom is -0.360 e. The van der Waals surface area contributed by atoms with Crippen molar-refractivity contribution < 1.29 is 22.5 Å². The number of hydrogen-bond acceptors (Lipinski definition) is 6. The van der Waals surface area contributed by atoms with Crippen LogP contribution < -0.4 is 10.2 Å². The molecule has 0 spiro atoms. The Morgan fingerprint density at radius 1 is 1.23 bits per heavy atom. The van der Waals surface area contributed by atoms with Crippen LogP contribution >= 0.6 is 0 Å². The summed E-state index contributed by atoms with van der Waals surface area (Å²) in [4.78, 5) is 25.8. The molecule has 2 heterocycles. The zero-order valence-electron chi connectivity index (χ0n) is 17.5. The number of rotatable bonds is 5. The van der Waals surface area contributed by atoms with E-state index in [2.05, 4.69) is 10.5 Å². The fourth-order valence-corrected chi connectivity index (χ4v) is 5.36. The van der Waals surface area contributed by atoms with Crippen LogP contribution in [0.4, 0.5) is 11.4 Å². The third kappa shape index (κ3) is 4.39. The van der Waals surface area contributed by atoms with E-state index in [4.69, 9.17) is 4.52 Å². The highest BCUT2D eigenvalue weighted by molar-refractivity contribution is 7.89. The first-order valence-corrected chi connectivity index (χ1v) is 11.1. The molecule has 1 unspecified atom stereocenters. The molecular formula is C20H26N4O5S. The van der Waals surface area contributed by atoms with Gasteiger partial charge < -0.3 is 14.7 Å². The lowest BCUT2D eigenvalue weighted by Crippen LogP contribution is -2.43. The molecule has 3 rings (SSSR count). The Hall–Kier alpha value is -2.72. The second-order valence-corrected chi connectivity index (χ2v) is 9.34. The van der Waals surface area contributed by atoms with Gasteiger partial charge in [0.25, 0.3) is 0 Å².